The number of nitrogens with zero attached hydrogens (tertiary/aromatic N) is 2. The van der Waals surface area contributed by atoms with Gasteiger partial charge in [0.2, 0.25) is 11.8 Å². The van der Waals surface area contributed by atoms with Crippen LogP contribution in [0.25, 0.3) is 22.2 Å². The van der Waals surface area contributed by atoms with Gasteiger partial charge in [-0.1, -0.05) is 55.6 Å². The summed E-state index contributed by atoms with van der Waals surface area (Å²) in [5.74, 6) is -1.45. The van der Waals surface area contributed by atoms with Crippen LogP contribution in [0.2, 0.25) is 0 Å². The highest BCUT2D eigenvalue weighted by molar-refractivity contribution is 9.12. The molecule has 1 aromatic heterocycles. The van der Waals surface area contributed by atoms with Gasteiger partial charge in [0.1, 0.15) is 0 Å². The highest BCUT2D eigenvalue weighted by Crippen LogP contribution is 2.60. The quantitative estimate of drug-likeness (QED) is 0.339. The third-order valence-electron chi connectivity index (χ3n) is 7.60. The average Bonchev–Trinajstić information content (AvgIpc) is 3.43. The van der Waals surface area contributed by atoms with Gasteiger partial charge in [-0.15, -0.1) is 0 Å². The Bertz CT molecular complexity index is 1360. The number of alkyl halides is 2. The Labute approximate surface area is 212 Å². The Balaban J connectivity index is 1.35. The van der Waals surface area contributed by atoms with Crippen molar-refractivity contribution in [2.75, 3.05) is 4.90 Å². The zero-order valence-electron chi connectivity index (χ0n) is 18.1. The average molecular weight is 584 g/mol. The Hall–Kier alpha value is -2.58. The lowest BCUT2D eigenvalue weighted by atomic mass is 9.81. The number of amides is 2. The van der Waals surface area contributed by atoms with E-state index in [1.54, 1.807) is 30.3 Å². The number of carboxylic acids is 1. The minimum Gasteiger partial charge on any atom is -0.478 e. The lowest BCUT2D eigenvalue weighted by molar-refractivity contribution is -0.123. The highest BCUT2D eigenvalue weighted by Gasteiger charge is 2.66. The molecule has 3 aliphatic rings. The molecule has 2 amide bonds. The van der Waals surface area contributed by atoms with Crippen LogP contribution in [0, 0.1) is 30.6 Å². The zero-order valence-corrected chi connectivity index (χ0v) is 21.3. The minimum absolute atomic E-state index is 0.119. The molecule has 1 saturated heterocycles. The van der Waals surface area contributed by atoms with Crippen molar-refractivity contribution in [2.45, 2.75) is 23.0 Å². The summed E-state index contributed by atoms with van der Waals surface area (Å²) in [6.45, 7) is 1.91. The zero-order chi connectivity index (χ0) is 23.9. The summed E-state index contributed by atoms with van der Waals surface area (Å²) in [6.07, 6.45) is 0.893. The van der Waals surface area contributed by atoms with Gasteiger partial charge < -0.3 is 5.11 Å². The Morgan fingerprint density at radius 3 is 2.18 bits per heavy atom. The molecule has 2 heterocycles. The third kappa shape index (κ3) is 3.04. The van der Waals surface area contributed by atoms with Gasteiger partial charge in [0.05, 0.1) is 34.3 Å². The van der Waals surface area contributed by atoms with E-state index in [2.05, 4.69) is 36.8 Å². The number of hydrogen-bond acceptors (Lipinski definition) is 4. The highest BCUT2D eigenvalue weighted by atomic mass is 79.9. The molecule has 8 heteroatoms. The van der Waals surface area contributed by atoms with Crippen molar-refractivity contribution in [3.05, 3.63) is 59.7 Å². The first-order valence-corrected chi connectivity index (χ1v) is 13.0. The number of rotatable bonds is 3. The molecule has 1 aliphatic heterocycles. The van der Waals surface area contributed by atoms with Crippen LogP contribution in [-0.2, 0) is 9.59 Å². The Kier molecular flexibility index (Phi) is 4.97. The van der Waals surface area contributed by atoms with E-state index in [0.29, 0.717) is 27.8 Å². The predicted molar refractivity (Wildman–Crippen MR) is 135 cm³/mol. The number of anilines is 1. The van der Waals surface area contributed by atoms with E-state index in [9.17, 15) is 19.5 Å². The van der Waals surface area contributed by atoms with Gasteiger partial charge in [-0.2, -0.15) is 0 Å². The summed E-state index contributed by atoms with van der Waals surface area (Å²) in [5.41, 5.74) is 3.54. The number of imide groups is 1. The van der Waals surface area contributed by atoms with Gasteiger partial charge in [-0.25, -0.2) is 9.78 Å². The molecule has 6 nitrogen and oxygen atoms in total. The number of aromatic nitrogens is 1. The van der Waals surface area contributed by atoms with Crippen molar-refractivity contribution in [1.82, 2.24) is 4.98 Å². The van der Waals surface area contributed by atoms with Crippen LogP contribution in [-0.4, -0.2) is 37.5 Å². The van der Waals surface area contributed by atoms with Crippen LogP contribution in [0.1, 0.15) is 22.3 Å². The van der Waals surface area contributed by atoms with Crippen molar-refractivity contribution in [3.63, 3.8) is 0 Å². The first kappa shape index (κ1) is 21.9. The fraction of sp³-hybridized carbons (Fsp3) is 0.308. The summed E-state index contributed by atoms with van der Waals surface area (Å²) < 4.78 is 0. The summed E-state index contributed by atoms with van der Waals surface area (Å²) in [6, 6.07) is 14.2. The van der Waals surface area contributed by atoms with Gasteiger partial charge >= 0.3 is 5.97 Å². The monoisotopic (exact) mass is 582 g/mol. The molecule has 6 atom stereocenters. The lowest BCUT2D eigenvalue weighted by Gasteiger charge is -2.28. The maximum atomic E-state index is 13.3. The molecule has 3 aromatic rings. The number of carbonyl (C=O) groups excluding carboxylic acids is 2. The second kappa shape index (κ2) is 7.71. The van der Waals surface area contributed by atoms with E-state index in [0.717, 1.165) is 12.0 Å². The number of benzene rings is 2. The molecule has 172 valence electrons. The van der Waals surface area contributed by atoms with Gasteiger partial charge in [-0.3, -0.25) is 14.5 Å². The number of carboxylic acid groups (broad SMARTS) is 1. The van der Waals surface area contributed by atoms with Gasteiger partial charge in [0.25, 0.3) is 0 Å². The molecule has 2 aliphatic carbocycles. The molecular formula is C26H20Br2N2O4. The Morgan fingerprint density at radius 2 is 1.59 bits per heavy atom. The second-order valence-corrected chi connectivity index (χ2v) is 11.6. The van der Waals surface area contributed by atoms with Crippen molar-refractivity contribution in [2.24, 2.45) is 23.7 Å². The summed E-state index contributed by atoms with van der Waals surface area (Å²) in [7, 11) is 0. The normalized spacial score (nSPS) is 29.8. The number of aromatic carboxylic acids is 1. The molecule has 0 spiro atoms. The summed E-state index contributed by atoms with van der Waals surface area (Å²) in [4.78, 5) is 44.8. The van der Waals surface area contributed by atoms with Crippen LogP contribution in [0.4, 0.5) is 5.69 Å². The summed E-state index contributed by atoms with van der Waals surface area (Å²) in [5, 5.41) is 10.3. The molecule has 6 rings (SSSR count). The molecular weight excluding hydrogens is 564 g/mol. The van der Waals surface area contributed by atoms with Gasteiger partial charge in [0, 0.05) is 20.6 Å². The fourth-order valence-corrected chi connectivity index (χ4v) is 7.92. The molecule has 2 bridgehead atoms. The van der Waals surface area contributed by atoms with E-state index in [4.69, 9.17) is 0 Å². The van der Waals surface area contributed by atoms with Crippen LogP contribution in [0.15, 0.2) is 48.5 Å². The van der Waals surface area contributed by atoms with Crippen LogP contribution in [0.5, 0.6) is 0 Å². The molecule has 1 N–H and O–H groups in total. The number of pyridine rings is 1. The Morgan fingerprint density at radius 1 is 0.971 bits per heavy atom. The van der Waals surface area contributed by atoms with Gasteiger partial charge in [0.15, 0.2) is 0 Å². The molecule has 2 saturated carbocycles. The number of halogens is 2. The SMILES string of the molecule is Cc1ccc2nc(-c3ccc(N4C(=O)C5C6CC(C(Br)C6Br)C5C4=O)cc3)cc(C(=O)O)c2c1. The van der Waals surface area contributed by atoms with Crippen molar-refractivity contribution >= 4 is 66.2 Å². The molecule has 0 radical (unpaired) electrons. The molecule has 34 heavy (non-hydrogen) atoms. The smallest absolute Gasteiger partial charge is 0.336 e. The van der Waals surface area contributed by atoms with E-state index in [1.807, 2.05) is 25.1 Å². The molecule has 6 unspecified atom stereocenters. The van der Waals surface area contributed by atoms with E-state index in [1.165, 1.54) is 4.90 Å². The first-order valence-electron chi connectivity index (χ1n) is 11.2. The van der Waals surface area contributed by atoms with E-state index >= 15 is 0 Å². The van der Waals surface area contributed by atoms with Crippen molar-refractivity contribution in [1.29, 1.82) is 0 Å². The van der Waals surface area contributed by atoms with Crippen LogP contribution >= 0.6 is 31.9 Å². The largest absolute Gasteiger partial charge is 0.478 e. The maximum Gasteiger partial charge on any atom is 0.336 e. The molecule has 2 aromatic carbocycles. The first-order chi connectivity index (χ1) is 16.3. The minimum atomic E-state index is -1.01. The van der Waals surface area contributed by atoms with Crippen molar-refractivity contribution in [3.8, 4) is 11.3 Å². The van der Waals surface area contributed by atoms with Crippen molar-refractivity contribution < 1.29 is 19.5 Å². The van der Waals surface area contributed by atoms with Crippen LogP contribution in [0.3, 0.4) is 0 Å². The third-order valence-corrected chi connectivity index (χ3v) is 10.8. The topological polar surface area (TPSA) is 87.6 Å². The fourth-order valence-electron chi connectivity index (χ4n) is 6.05. The number of carbonyl (C=O) groups is 3. The maximum absolute atomic E-state index is 13.3. The van der Waals surface area contributed by atoms with Gasteiger partial charge in [-0.05, 0) is 55.5 Å². The lowest BCUT2D eigenvalue weighted by Crippen LogP contribution is -2.37. The van der Waals surface area contributed by atoms with Crippen LogP contribution < -0.4 is 4.90 Å². The van der Waals surface area contributed by atoms with E-state index < -0.39 is 5.97 Å². The molecule has 3 fully saturated rings. The number of hydrogen-bond donors (Lipinski definition) is 1. The predicted octanol–water partition coefficient (Wildman–Crippen LogP) is 5.19. The number of aryl methyl sites for hydroxylation is 1. The number of fused-ring (bicyclic) bond motifs is 6. The summed E-state index contributed by atoms with van der Waals surface area (Å²) >= 11 is 7.43. The van der Waals surface area contributed by atoms with E-state index in [-0.39, 0.29) is 50.7 Å². The second-order valence-electron chi connectivity index (χ2n) is 9.44. The standard InChI is InChI=1S/C26H20Br2N2O4/c1-11-2-7-18-14(8-11)15(26(33)34)10-19(29-18)12-3-5-13(6-4-12)30-24(31)20-16-9-17(21(20)25(30)32)23(28)22(16)27/h2-8,10,16-17,20-23H,9H2,1H3,(H,33,34).